The van der Waals surface area contributed by atoms with E-state index in [1.165, 1.54) is 0 Å². The highest BCUT2D eigenvalue weighted by atomic mass is 32.1. The second kappa shape index (κ2) is 7.38. The van der Waals surface area contributed by atoms with Crippen molar-refractivity contribution in [2.24, 2.45) is 5.73 Å². The zero-order chi connectivity index (χ0) is 14.4. The summed E-state index contributed by atoms with van der Waals surface area (Å²) >= 11 is 1.65. The molecule has 0 aliphatic carbocycles. The Balaban J connectivity index is 1.95. The fraction of sp³-hybridized carbons (Fsp3) is 0.400. The van der Waals surface area contributed by atoms with Gasteiger partial charge in [-0.15, -0.1) is 11.3 Å². The zero-order valence-electron chi connectivity index (χ0n) is 12.0. The van der Waals surface area contributed by atoms with E-state index in [0.29, 0.717) is 6.61 Å². The third kappa shape index (κ3) is 4.03. The van der Waals surface area contributed by atoms with Crippen LogP contribution >= 0.6 is 11.3 Å². The minimum Gasteiger partial charge on any atom is -0.383 e. The van der Waals surface area contributed by atoms with Crippen molar-refractivity contribution in [3.05, 3.63) is 47.0 Å². The van der Waals surface area contributed by atoms with Crippen molar-refractivity contribution >= 4 is 16.5 Å². The number of rotatable bonds is 7. The van der Waals surface area contributed by atoms with E-state index < -0.39 is 0 Å². The van der Waals surface area contributed by atoms with Gasteiger partial charge in [0.25, 0.3) is 0 Å². The molecule has 0 amide bonds. The van der Waals surface area contributed by atoms with E-state index in [1.54, 1.807) is 18.4 Å². The summed E-state index contributed by atoms with van der Waals surface area (Å²) in [7, 11) is 3.73. The molecule has 1 aromatic heterocycles. The number of anilines is 1. The predicted octanol–water partition coefficient (Wildman–Crippen LogP) is 2.47. The molecule has 1 aromatic carbocycles. The maximum absolute atomic E-state index is 6.22. The third-order valence-corrected chi connectivity index (χ3v) is 4.16. The monoisotopic (exact) mass is 291 g/mol. The first kappa shape index (κ1) is 15.0. The van der Waals surface area contributed by atoms with E-state index in [9.17, 15) is 0 Å². The lowest BCUT2D eigenvalue weighted by atomic mass is 10.0. The molecule has 1 atom stereocenters. The van der Waals surface area contributed by atoms with Gasteiger partial charge in [-0.25, -0.2) is 4.98 Å². The van der Waals surface area contributed by atoms with Gasteiger partial charge in [0.15, 0.2) is 5.13 Å². The van der Waals surface area contributed by atoms with Crippen LogP contribution in [0.5, 0.6) is 0 Å². The molecule has 0 saturated heterocycles. The van der Waals surface area contributed by atoms with Crippen LogP contribution in [0.15, 0.2) is 35.7 Å². The van der Waals surface area contributed by atoms with Gasteiger partial charge >= 0.3 is 0 Å². The summed E-state index contributed by atoms with van der Waals surface area (Å²) < 4.78 is 5.08. The van der Waals surface area contributed by atoms with Crippen LogP contribution in [0.4, 0.5) is 5.13 Å². The van der Waals surface area contributed by atoms with Crippen molar-refractivity contribution in [1.29, 1.82) is 0 Å². The van der Waals surface area contributed by atoms with Crippen molar-refractivity contribution < 1.29 is 4.74 Å². The molecule has 0 aliphatic rings. The summed E-state index contributed by atoms with van der Waals surface area (Å²) in [6.07, 6.45) is 0.763. The maximum Gasteiger partial charge on any atom is 0.185 e. The van der Waals surface area contributed by atoms with Crippen LogP contribution in [0.2, 0.25) is 0 Å². The molecule has 2 N–H and O–H groups in total. The average Bonchev–Trinajstić information content (AvgIpc) is 2.94. The molecule has 0 saturated carbocycles. The SMILES string of the molecule is COCCN(C)c1nc(CC(N)c2ccccc2)cs1. The smallest absolute Gasteiger partial charge is 0.185 e. The fourth-order valence-electron chi connectivity index (χ4n) is 1.93. The molecular formula is C15H21N3OS. The van der Waals surface area contributed by atoms with E-state index in [-0.39, 0.29) is 6.04 Å². The van der Waals surface area contributed by atoms with Crippen molar-refractivity contribution in [2.45, 2.75) is 12.5 Å². The molecule has 2 aromatic rings. The molecule has 0 bridgehead atoms. The zero-order valence-corrected chi connectivity index (χ0v) is 12.8. The van der Waals surface area contributed by atoms with Crippen molar-refractivity contribution in [2.75, 3.05) is 32.2 Å². The van der Waals surface area contributed by atoms with Crippen LogP contribution in [0.3, 0.4) is 0 Å². The number of ether oxygens (including phenoxy) is 1. The van der Waals surface area contributed by atoms with Gasteiger partial charge in [0.1, 0.15) is 0 Å². The van der Waals surface area contributed by atoms with Gasteiger partial charge in [-0.3, -0.25) is 0 Å². The number of nitrogens with zero attached hydrogens (tertiary/aromatic N) is 2. The molecule has 1 heterocycles. The minimum absolute atomic E-state index is 0.00423. The van der Waals surface area contributed by atoms with E-state index in [0.717, 1.165) is 29.4 Å². The lowest BCUT2D eigenvalue weighted by Gasteiger charge is -2.14. The molecule has 2 rings (SSSR count). The number of nitrogens with two attached hydrogens (primary N) is 1. The summed E-state index contributed by atoms with van der Waals surface area (Å²) in [5, 5.41) is 3.10. The number of benzene rings is 1. The largest absolute Gasteiger partial charge is 0.383 e. The Labute approximate surface area is 124 Å². The first-order valence-corrected chi connectivity index (χ1v) is 7.53. The molecular weight excluding hydrogens is 270 g/mol. The van der Waals surface area contributed by atoms with Gasteiger partial charge in [-0.05, 0) is 5.56 Å². The first-order chi connectivity index (χ1) is 9.70. The summed E-state index contributed by atoms with van der Waals surface area (Å²) in [4.78, 5) is 6.74. The first-order valence-electron chi connectivity index (χ1n) is 6.65. The van der Waals surface area contributed by atoms with Crippen LogP contribution in [0, 0.1) is 0 Å². The van der Waals surface area contributed by atoms with E-state index in [1.807, 2.05) is 25.2 Å². The highest BCUT2D eigenvalue weighted by Gasteiger charge is 2.11. The average molecular weight is 291 g/mol. The van der Waals surface area contributed by atoms with Gasteiger partial charge < -0.3 is 15.4 Å². The maximum atomic E-state index is 6.22. The van der Waals surface area contributed by atoms with E-state index in [2.05, 4.69) is 27.4 Å². The van der Waals surface area contributed by atoms with Gasteiger partial charge in [-0.1, -0.05) is 30.3 Å². The molecule has 108 valence electrons. The van der Waals surface area contributed by atoms with Crippen molar-refractivity contribution in [1.82, 2.24) is 4.98 Å². The third-order valence-electron chi connectivity index (χ3n) is 3.15. The van der Waals surface area contributed by atoms with Gasteiger partial charge in [0.05, 0.1) is 12.3 Å². The minimum atomic E-state index is -0.00423. The number of aromatic nitrogens is 1. The standard InChI is InChI=1S/C15H21N3OS/c1-18(8-9-19-2)15-17-13(11-20-15)10-14(16)12-6-4-3-5-7-12/h3-7,11,14H,8-10,16H2,1-2H3. The Morgan fingerprint density at radius 2 is 2.10 bits per heavy atom. The molecule has 0 spiro atoms. The molecule has 0 fully saturated rings. The Hall–Kier alpha value is -1.43. The van der Waals surface area contributed by atoms with Crippen LogP contribution in [0.1, 0.15) is 17.3 Å². The topological polar surface area (TPSA) is 51.4 Å². The van der Waals surface area contributed by atoms with Gasteiger partial charge in [0.2, 0.25) is 0 Å². The second-order valence-electron chi connectivity index (χ2n) is 4.76. The Morgan fingerprint density at radius 3 is 2.80 bits per heavy atom. The number of methoxy groups -OCH3 is 1. The van der Waals surface area contributed by atoms with E-state index >= 15 is 0 Å². The molecule has 4 nitrogen and oxygen atoms in total. The number of hydrogen-bond donors (Lipinski definition) is 1. The van der Waals surface area contributed by atoms with Crippen LogP contribution < -0.4 is 10.6 Å². The van der Waals surface area contributed by atoms with Crippen LogP contribution in [-0.2, 0) is 11.2 Å². The number of thiazole rings is 1. The number of hydrogen-bond acceptors (Lipinski definition) is 5. The summed E-state index contributed by atoms with van der Waals surface area (Å²) in [5.74, 6) is 0. The molecule has 5 heteroatoms. The summed E-state index contributed by atoms with van der Waals surface area (Å²) in [6, 6.07) is 10.1. The quantitative estimate of drug-likeness (QED) is 0.851. The van der Waals surface area contributed by atoms with Crippen molar-refractivity contribution in [3.8, 4) is 0 Å². The van der Waals surface area contributed by atoms with Crippen LogP contribution in [-0.4, -0.2) is 32.3 Å². The molecule has 0 aliphatic heterocycles. The predicted molar refractivity (Wildman–Crippen MR) is 84.3 cm³/mol. The Kier molecular flexibility index (Phi) is 5.52. The Bertz CT molecular complexity index is 515. The summed E-state index contributed by atoms with van der Waals surface area (Å²) in [5.41, 5.74) is 8.42. The highest BCUT2D eigenvalue weighted by molar-refractivity contribution is 7.13. The fourth-order valence-corrected chi connectivity index (χ4v) is 2.76. The normalized spacial score (nSPS) is 12.3. The van der Waals surface area contributed by atoms with E-state index in [4.69, 9.17) is 10.5 Å². The molecule has 0 radical (unpaired) electrons. The van der Waals surface area contributed by atoms with Gasteiger partial charge in [0, 0.05) is 38.5 Å². The molecule has 20 heavy (non-hydrogen) atoms. The van der Waals surface area contributed by atoms with Gasteiger partial charge in [-0.2, -0.15) is 0 Å². The second-order valence-corrected chi connectivity index (χ2v) is 5.59. The molecule has 1 unspecified atom stereocenters. The number of likely N-dealkylation sites (N-methyl/N-ethyl adjacent to an activating group) is 1. The Morgan fingerprint density at radius 1 is 1.35 bits per heavy atom. The van der Waals surface area contributed by atoms with Crippen LogP contribution in [0.25, 0.3) is 0 Å². The lowest BCUT2D eigenvalue weighted by molar-refractivity contribution is 0.206. The highest BCUT2D eigenvalue weighted by Crippen LogP contribution is 2.22. The summed E-state index contributed by atoms with van der Waals surface area (Å²) in [6.45, 7) is 1.54. The lowest BCUT2D eigenvalue weighted by Crippen LogP contribution is -2.22. The van der Waals surface area contributed by atoms with Crippen molar-refractivity contribution in [3.63, 3.8) is 0 Å².